The molecule has 8 heteroatoms. The average Bonchev–Trinajstić information content (AvgIpc) is 3.03. The Balaban J connectivity index is 2.05. The van der Waals surface area contributed by atoms with Crippen molar-refractivity contribution in [2.75, 3.05) is 19.5 Å². The summed E-state index contributed by atoms with van der Waals surface area (Å²) >= 11 is 0. The van der Waals surface area contributed by atoms with Crippen LogP contribution in [-0.4, -0.2) is 42.6 Å². The maximum absolute atomic E-state index is 12.3. The van der Waals surface area contributed by atoms with Gasteiger partial charge >= 0.3 is 5.97 Å². The average molecular weight is 374 g/mol. The quantitative estimate of drug-likeness (QED) is 0.591. The van der Waals surface area contributed by atoms with Crippen LogP contribution in [0.2, 0.25) is 0 Å². The number of ketones is 1. The summed E-state index contributed by atoms with van der Waals surface area (Å²) in [7, 11) is 4.62. The Hall–Kier alpha value is -3.29. The predicted octanol–water partition coefficient (Wildman–Crippen LogP) is 2.43. The van der Waals surface area contributed by atoms with Crippen molar-refractivity contribution in [1.82, 2.24) is 4.57 Å². The molecule has 27 heavy (non-hydrogen) atoms. The number of aromatic nitrogens is 1. The molecule has 1 aromatic carbocycles. The molecular weight excluding hydrogens is 352 g/mol. The number of rotatable bonds is 7. The molecule has 0 aliphatic rings. The Labute approximate surface area is 157 Å². The number of esters is 1. The largest absolute Gasteiger partial charge is 0.493 e. The number of Topliss-reactive ketones (excluding diaryl/α,β-unsaturated/α-hetero) is 1. The zero-order valence-corrected chi connectivity index (χ0v) is 15.9. The Morgan fingerprint density at radius 2 is 1.74 bits per heavy atom. The zero-order chi connectivity index (χ0) is 20.1. The molecule has 1 heterocycles. The van der Waals surface area contributed by atoms with Crippen LogP contribution >= 0.6 is 0 Å². The van der Waals surface area contributed by atoms with E-state index in [2.05, 4.69) is 5.32 Å². The standard InChI is InChI=1S/C19H22N2O6/c1-11(22)13-8-15(21(3)10-13)19(24)27-12(2)18(23)20-14-6-7-16(25-4)17(9-14)26-5/h6-10,12H,1-5H3,(H,20,23)/t12-/m0/s1. The molecule has 2 rings (SSSR count). The summed E-state index contributed by atoms with van der Waals surface area (Å²) in [6.45, 7) is 2.87. The third kappa shape index (κ3) is 4.66. The first-order valence-electron chi connectivity index (χ1n) is 8.18. The van der Waals surface area contributed by atoms with Gasteiger partial charge in [-0.15, -0.1) is 0 Å². The van der Waals surface area contributed by atoms with E-state index in [0.717, 1.165) is 0 Å². The van der Waals surface area contributed by atoms with E-state index >= 15 is 0 Å². The molecule has 0 fully saturated rings. The van der Waals surface area contributed by atoms with Crippen LogP contribution in [0.1, 0.15) is 34.7 Å². The van der Waals surface area contributed by atoms with Crippen molar-refractivity contribution < 1.29 is 28.6 Å². The van der Waals surface area contributed by atoms with E-state index < -0.39 is 18.0 Å². The molecule has 1 N–H and O–H groups in total. The van der Waals surface area contributed by atoms with Gasteiger partial charge in [-0.2, -0.15) is 0 Å². The summed E-state index contributed by atoms with van der Waals surface area (Å²) in [5.74, 6) is -0.374. The van der Waals surface area contributed by atoms with E-state index in [4.69, 9.17) is 14.2 Å². The van der Waals surface area contributed by atoms with Crippen molar-refractivity contribution in [3.63, 3.8) is 0 Å². The maximum Gasteiger partial charge on any atom is 0.355 e. The third-order valence-electron chi connectivity index (χ3n) is 3.92. The molecule has 1 atom stereocenters. The second kappa shape index (κ2) is 8.39. The fourth-order valence-electron chi connectivity index (χ4n) is 2.39. The first-order valence-corrected chi connectivity index (χ1v) is 8.18. The fourth-order valence-corrected chi connectivity index (χ4v) is 2.39. The number of carbonyl (C=O) groups excluding carboxylic acids is 3. The van der Waals surface area contributed by atoms with Gasteiger partial charge in [0, 0.05) is 30.6 Å². The maximum atomic E-state index is 12.3. The Bertz CT molecular complexity index is 871. The van der Waals surface area contributed by atoms with Crippen LogP contribution in [0.3, 0.4) is 0 Å². The summed E-state index contributed by atoms with van der Waals surface area (Å²) in [5, 5.41) is 2.65. The number of benzene rings is 1. The van der Waals surface area contributed by atoms with Crippen molar-refractivity contribution in [2.45, 2.75) is 20.0 Å². The summed E-state index contributed by atoms with van der Waals surface area (Å²) in [5.41, 5.74) is 1.05. The molecule has 0 bridgehead atoms. The van der Waals surface area contributed by atoms with E-state index in [9.17, 15) is 14.4 Å². The molecule has 0 spiro atoms. The molecule has 8 nitrogen and oxygen atoms in total. The van der Waals surface area contributed by atoms with Gasteiger partial charge in [-0.3, -0.25) is 9.59 Å². The number of ether oxygens (including phenoxy) is 3. The lowest BCUT2D eigenvalue weighted by molar-refractivity contribution is -0.123. The van der Waals surface area contributed by atoms with E-state index in [1.54, 1.807) is 25.2 Å². The highest BCUT2D eigenvalue weighted by Crippen LogP contribution is 2.29. The number of methoxy groups -OCH3 is 2. The molecule has 0 saturated heterocycles. The monoisotopic (exact) mass is 374 g/mol. The van der Waals surface area contributed by atoms with Gasteiger partial charge in [0.1, 0.15) is 5.69 Å². The highest BCUT2D eigenvalue weighted by atomic mass is 16.5. The SMILES string of the molecule is COc1ccc(NC(=O)[C@H](C)OC(=O)c2cc(C(C)=O)cn2C)cc1OC. The first-order chi connectivity index (χ1) is 12.8. The number of hydrogen-bond acceptors (Lipinski definition) is 6. The van der Waals surface area contributed by atoms with Crippen LogP contribution in [0.4, 0.5) is 5.69 Å². The molecule has 0 aliphatic carbocycles. The van der Waals surface area contributed by atoms with Crippen LogP contribution in [0.5, 0.6) is 11.5 Å². The number of nitrogens with zero attached hydrogens (tertiary/aromatic N) is 1. The van der Waals surface area contributed by atoms with Gasteiger partial charge < -0.3 is 24.1 Å². The first kappa shape index (κ1) is 20.0. The normalized spacial score (nSPS) is 11.4. The molecule has 144 valence electrons. The number of nitrogens with one attached hydrogen (secondary N) is 1. The predicted molar refractivity (Wildman–Crippen MR) is 98.5 cm³/mol. The van der Waals surface area contributed by atoms with Crippen LogP contribution in [-0.2, 0) is 16.6 Å². The summed E-state index contributed by atoms with van der Waals surface area (Å²) in [4.78, 5) is 36.0. The molecule has 2 aromatic rings. The highest BCUT2D eigenvalue weighted by molar-refractivity contribution is 5.99. The van der Waals surface area contributed by atoms with E-state index in [0.29, 0.717) is 22.7 Å². The van der Waals surface area contributed by atoms with E-state index in [-0.39, 0.29) is 11.5 Å². The zero-order valence-electron chi connectivity index (χ0n) is 15.9. The summed E-state index contributed by atoms with van der Waals surface area (Å²) in [6.07, 6.45) is 0.495. The summed E-state index contributed by atoms with van der Waals surface area (Å²) in [6, 6.07) is 6.33. The van der Waals surface area contributed by atoms with Crippen molar-refractivity contribution in [2.24, 2.45) is 7.05 Å². The topological polar surface area (TPSA) is 95.9 Å². The van der Waals surface area contributed by atoms with Crippen molar-refractivity contribution in [3.05, 3.63) is 41.7 Å². The van der Waals surface area contributed by atoms with Gasteiger partial charge in [-0.05, 0) is 32.0 Å². The highest BCUT2D eigenvalue weighted by Gasteiger charge is 2.22. The Morgan fingerprint density at radius 1 is 1.07 bits per heavy atom. The van der Waals surface area contributed by atoms with Crippen LogP contribution in [0.25, 0.3) is 0 Å². The number of amides is 1. The van der Waals surface area contributed by atoms with Crippen molar-refractivity contribution in [1.29, 1.82) is 0 Å². The lowest BCUT2D eigenvalue weighted by Crippen LogP contribution is -2.30. The van der Waals surface area contributed by atoms with Crippen LogP contribution in [0.15, 0.2) is 30.5 Å². The van der Waals surface area contributed by atoms with Crippen molar-refractivity contribution >= 4 is 23.3 Å². The minimum absolute atomic E-state index is 0.163. The van der Waals surface area contributed by atoms with Crippen molar-refractivity contribution in [3.8, 4) is 11.5 Å². The van der Waals surface area contributed by atoms with Crippen LogP contribution < -0.4 is 14.8 Å². The van der Waals surface area contributed by atoms with Gasteiger partial charge in [0.25, 0.3) is 5.91 Å². The fraction of sp³-hybridized carbons (Fsp3) is 0.316. The van der Waals surface area contributed by atoms with E-state index in [1.165, 1.54) is 44.9 Å². The summed E-state index contributed by atoms with van der Waals surface area (Å²) < 4.78 is 17.0. The van der Waals surface area contributed by atoms with Gasteiger partial charge in [0.05, 0.1) is 14.2 Å². The number of hydrogen-bond donors (Lipinski definition) is 1. The Kier molecular flexibility index (Phi) is 6.23. The van der Waals surface area contributed by atoms with E-state index in [1.807, 2.05) is 0 Å². The lowest BCUT2D eigenvalue weighted by Gasteiger charge is -2.15. The second-order valence-electron chi connectivity index (χ2n) is 5.89. The molecule has 0 radical (unpaired) electrons. The number of anilines is 1. The van der Waals surface area contributed by atoms with Gasteiger partial charge in [0.2, 0.25) is 0 Å². The lowest BCUT2D eigenvalue weighted by atomic mass is 10.2. The smallest absolute Gasteiger partial charge is 0.355 e. The molecular formula is C19H22N2O6. The Morgan fingerprint density at radius 3 is 2.30 bits per heavy atom. The number of aryl methyl sites for hydroxylation is 1. The molecule has 1 aromatic heterocycles. The van der Waals surface area contributed by atoms with Gasteiger partial charge in [0.15, 0.2) is 23.4 Å². The van der Waals surface area contributed by atoms with Gasteiger partial charge in [-0.25, -0.2) is 4.79 Å². The minimum Gasteiger partial charge on any atom is -0.493 e. The molecule has 0 aliphatic heterocycles. The van der Waals surface area contributed by atoms with Crippen LogP contribution in [0, 0.1) is 0 Å². The molecule has 0 saturated carbocycles. The van der Waals surface area contributed by atoms with Gasteiger partial charge in [-0.1, -0.05) is 0 Å². The third-order valence-corrected chi connectivity index (χ3v) is 3.92. The molecule has 0 unspecified atom stereocenters. The minimum atomic E-state index is -1.04. The molecule has 1 amide bonds. The second-order valence-corrected chi connectivity index (χ2v) is 5.89. The number of carbonyl (C=O) groups is 3.